The number of hydrogen-bond acceptors (Lipinski definition) is 2. The van der Waals surface area contributed by atoms with E-state index in [1.807, 2.05) is 13.1 Å². The molecule has 0 bridgehead atoms. The average Bonchev–Trinajstić information content (AvgIpc) is 2.78. The van der Waals surface area contributed by atoms with Crippen LogP contribution in [0.15, 0.2) is 23.5 Å². The lowest BCUT2D eigenvalue weighted by Gasteiger charge is -2.10. The van der Waals surface area contributed by atoms with Crippen LogP contribution in [0.25, 0.3) is 0 Å². The number of nitrogens with one attached hydrogen (secondary N) is 1. The van der Waals surface area contributed by atoms with Crippen molar-refractivity contribution in [2.75, 3.05) is 27.7 Å². The van der Waals surface area contributed by atoms with Crippen LogP contribution in [0.4, 0.5) is 0 Å². The number of carbonyl (C=O) groups is 1. The van der Waals surface area contributed by atoms with E-state index in [9.17, 15) is 4.79 Å². The molecule has 2 rings (SSSR count). The third-order valence-corrected chi connectivity index (χ3v) is 4.00. The van der Waals surface area contributed by atoms with Crippen molar-refractivity contribution in [1.82, 2.24) is 9.80 Å². The van der Waals surface area contributed by atoms with Gasteiger partial charge in [0.05, 0.1) is 13.6 Å². The number of rotatable bonds is 1. The van der Waals surface area contributed by atoms with E-state index in [2.05, 4.69) is 13.1 Å². The van der Waals surface area contributed by atoms with E-state index in [1.54, 1.807) is 11.9 Å². The van der Waals surface area contributed by atoms with Crippen molar-refractivity contribution >= 4 is 23.2 Å². The Balaban J connectivity index is 2.23. The minimum absolute atomic E-state index is 0.0231. The molecule has 4 nitrogen and oxygen atoms in total. The van der Waals surface area contributed by atoms with Crippen LogP contribution in [0, 0.1) is 0 Å². The highest BCUT2D eigenvalue weighted by molar-refractivity contribution is 7.80. The summed E-state index contributed by atoms with van der Waals surface area (Å²) in [6.45, 7) is 1.18. The molecule has 92 valence electrons. The summed E-state index contributed by atoms with van der Waals surface area (Å²) in [5, 5.41) is 0.562. The molecule has 5 heteroatoms. The summed E-state index contributed by atoms with van der Waals surface area (Å²) in [5.74, 6) is -0.0231. The molecule has 2 heterocycles. The summed E-state index contributed by atoms with van der Waals surface area (Å²) in [4.78, 5) is 16.6. The molecule has 2 fully saturated rings. The molecule has 17 heavy (non-hydrogen) atoms. The summed E-state index contributed by atoms with van der Waals surface area (Å²) in [6.07, 6.45) is 6.30. The topological polar surface area (TPSA) is 28.0 Å². The normalized spacial score (nSPS) is 30.2. The number of quaternary nitrogens is 1. The third-order valence-electron chi connectivity index (χ3n) is 3.45. The maximum absolute atomic E-state index is 11.9. The summed E-state index contributed by atoms with van der Waals surface area (Å²) in [7, 11) is 5.70. The van der Waals surface area contributed by atoms with Gasteiger partial charge in [0.15, 0.2) is 5.11 Å². The first-order chi connectivity index (χ1) is 8.02. The number of allylic oxidation sites excluding steroid dienone is 3. The van der Waals surface area contributed by atoms with Gasteiger partial charge in [-0.3, -0.25) is 9.69 Å². The number of nitrogens with zero attached hydrogens (tertiary/aromatic N) is 2. The largest absolute Gasteiger partial charge is 0.317 e. The fraction of sp³-hybridized carbons (Fsp3) is 0.500. The second-order valence-corrected chi connectivity index (χ2v) is 4.95. The Labute approximate surface area is 107 Å². The van der Waals surface area contributed by atoms with Crippen LogP contribution in [0.1, 0.15) is 12.8 Å². The molecule has 0 aromatic heterocycles. The van der Waals surface area contributed by atoms with Gasteiger partial charge in [0.1, 0.15) is 11.4 Å². The van der Waals surface area contributed by atoms with E-state index in [0.717, 1.165) is 6.42 Å². The molecular formula is C12H18N3OS+. The molecule has 0 saturated carbocycles. The number of carbonyl (C=O) groups excluding carboxylic acids is 1. The smallest absolute Gasteiger partial charge is 0.276 e. The third kappa shape index (κ3) is 2.12. The minimum atomic E-state index is -0.0231. The van der Waals surface area contributed by atoms with Crippen molar-refractivity contribution in [3.8, 4) is 0 Å². The second kappa shape index (κ2) is 4.58. The molecule has 0 radical (unpaired) electrons. The van der Waals surface area contributed by atoms with Crippen LogP contribution >= 0.6 is 12.2 Å². The van der Waals surface area contributed by atoms with Crippen LogP contribution in [0.3, 0.4) is 0 Å². The highest BCUT2D eigenvalue weighted by Crippen LogP contribution is 2.18. The molecule has 2 aliphatic heterocycles. The van der Waals surface area contributed by atoms with Crippen molar-refractivity contribution in [2.45, 2.75) is 12.8 Å². The standard InChI is InChI=1S/C12H17N3OS/c1-13-8-4-5-9(13)6-7-10-11(16)15(3)12(17)14(10)2/h6-7H,4-5,8H2,1-3H3/p+1. The lowest BCUT2D eigenvalue weighted by Crippen LogP contribution is -3.04. The summed E-state index contributed by atoms with van der Waals surface area (Å²) in [5.41, 5.74) is 2.02. The Hall–Kier alpha value is -1.20. The maximum Gasteiger partial charge on any atom is 0.276 e. The van der Waals surface area contributed by atoms with Gasteiger partial charge in [-0.05, 0) is 24.4 Å². The van der Waals surface area contributed by atoms with Gasteiger partial charge in [0, 0.05) is 26.9 Å². The van der Waals surface area contributed by atoms with Crippen LogP contribution in [-0.2, 0) is 4.79 Å². The second-order valence-electron chi connectivity index (χ2n) is 4.58. The van der Waals surface area contributed by atoms with E-state index in [4.69, 9.17) is 12.2 Å². The Morgan fingerprint density at radius 2 is 2.00 bits per heavy atom. The zero-order valence-corrected chi connectivity index (χ0v) is 11.3. The van der Waals surface area contributed by atoms with E-state index in [-0.39, 0.29) is 5.91 Å². The maximum atomic E-state index is 11.9. The number of hydrogen-bond donors (Lipinski definition) is 1. The van der Waals surface area contributed by atoms with Gasteiger partial charge in [-0.25, -0.2) is 0 Å². The quantitative estimate of drug-likeness (QED) is 0.515. The molecule has 0 aliphatic carbocycles. The predicted octanol–water partition coefficient (Wildman–Crippen LogP) is -0.249. The molecule has 1 unspecified atom stereocenters. The van der Waals surface area contributed by atoms with Gasteiger partial charge in [0.25, 0.3) is 5.91 Å². The molecule has 0 spiro atoms. The van der Waals surface area contributed by atoms with Crippen LogP contribution in [0.2, 0.25) is 0 Å². The Morgan fingerprint density at radius 3 is 2.47 bits per heavy atom. The van der Waals surface area contributed by atoms with Crippen molar-refractivity contribution < 1.29 is 9.69 Å². The number of likely N-dealkylation sites (N-methyl/N-ethyl adjacent to an activating group) is 2. The van der Waals surface area contributed by atoms with Crippen LogP contribution in [-0.4, -0.2) is 48.5 Å². The number of likely N-dealkylation sites (tertiary alicyclic amines) is 1. The lowest BCUT2D eigenvalue weighted by atomic mass is 10.2. The van der Waals surface area contributed by atoms with Crippen LogP contribution < -0.4 is 4.90 Å². The minimum Gasteiger partial charge on any atom is -0.317 e. The number of thiocarbonyl (C=S) groups is 1. The van der Waals surface area contributed by atoms with Crippen molar-refractivity contribution in [3.05, 3.63) is 23.5 Å². The molecule has 0 aromatic rings. The highest BCUT2D eigenvalue weighted by atomic mass is 32.1. The first-order valence-corrected chi connectivity index (χ1v) is 6.22. The van der Waals surface area contributed by atoms with E-state index in [0.29, 0.717) is 10.8 Å². The van der Waals surface area contributed by atoms with Gasteiger partial charge in [-0.2, -0.15) is 0 Å². The molecule has 1 amide bonds. The number of amides is 1. The molecule has 1 N–H and O–H groups in total. The van der Waals surface area contributed by atoms with Gasteiger partial charge >= 0.3 is 0 Å². The van der Waals surface area contributed by atoms with E-state index in [1.165, 1.54) is 28.5 Å². The summed E-state index contributed by atoms with van der Waals surface area (Å²) >= 11 is 5.15. The Morgan fingerprint density at radius 1 is 1.29 bits per heavy atom. The molecular weight excluding hydrogens is 234 g/mol. The van der Waals surface area contributed by atoms with Crippen molar-refractivity contribution in [2.24, 2.45) is 0 Å². The highest BCUT2D eigenvalue weighted by Gasteiger charge is 2.32. The summed E-state index contributed by atoms with van der Waals surface area (Å²) in [6, 6.07) is 0. The fourth-order valence-corrected chi connectivity index (χ4v) is 2.42. The Kier molecular flexibility index (Phi) is 3.31. The van der Waals surface area contributed by atoms with Gasteiger partial charge in [-0.15, -0.1) is 0 Å². The molecule has 2 aliphatic rings. The van der Waals surface area contributed by atoms with E-state index < -0.39 is 0 Å². The summed E-state index contributed by atoms with van der Waals surface area (Å²) < 4.78 is 0. The van der Waals surface area contributed by atoms with Crippen LogP contribution in [0.5, 0.6) is 0 Å². The van der Waals surface area contributed by atoms with Gasteiger partial charge in [-0.1, -0.05) is 0 Å². The van der Waals surface area contributed by atoms with Crippen molar-refractivity contribution in [3.63, 3.8) is 0 Å². The van der Waals surface area contributed by atoms with Gasteiger partial charge < -0.3 is 9.80 Å². The van der Waals surface area contributed by atoms with Crippen molar-refractivity contribution in [1.29, 1.82) is 0 Å². The average molecular weight is 252 g/mol. The molecule has 2 saturated heterocycles. The first kappa shape index (κ1) is 12.3. The predicted molar refractivity (Wildman–Crippen MR) is 70.3 cm³/mol. The van der Waals surface area contributed by atoms with E-state index >= 15 is 0 Å². The SMILES string of the molecule is CN1C(=O)C(=CC=C2CCC[NH+]2C)N(C)C1=S. The zero-order chi connectivity index (χ0) is 12.6. The molecule has 0 aromatic carbocycles. The Bertz CT molecular complexity index is 427. The first-order valence-electron chi connectivity index (χ1n) is 5.81. The zero-order valence-electron chi connectivity index (χ0n) is 10.5. The van der Waals surface area contributed by atoms with Gasteiger partial charge in [0.2, 0.25) is 0 Å². The fourth-order valence-electron chi connectivity index (χ4n) is 2.24. The monoisotopic (exact) mass is 252 g/mol. The molecule has 1 atom stereocenters. The lowest BCUT2D eigenvalue weighted by molar-refractivity contribution is -0.828.